The van der Waals surface area contributed by atoms with E-state index in [9.17, 15) is 13.5 Å². The monoisotopic (exact) mass is 544 g/mol. The van der Waals surface area contributed by atoms with Crippen LogP contribution in [-0.2, 0) is 22.1 Å². The van der Waals surface area contributed by atoms with Gasteiger partial charge in [-0.1, -0.05) is 36.4 Å². The maximum absolute atomic E-state index is 11.4. The quantitative estimate of drug-likeness (QED) is 0.342. The highest BCUT2D eigenvalue weighted by Crippen LogP contribution is 2.27. The topological polar surface area (TPSA) is 85.2 Å². The van der Waals surface area contributed by atoms with Gasteiger partial charge in [-0.2, -0.15) is 0 Å². The summed E-state index contributed by atoms with van der Waals surface area (Å²) in [6.45, 7) is 3.84. The number of nitrogens with one attached hydrogen (secondary N) is 1. The molecule has 1 heterocycles. The van der Waals surface area contributed by atoms with Crippen LogP contribution in [0, 0.1) is 0 Å². The van der Waals surface area contributed by atoms with E-state index in [-0.39, 0.29) is 29.7 Å². The molecule has 2 N–H and O–H groups in total. The summed E-state index contributed by atoms with van der Waals surface area (Å²) in [5.74, 6) is 1.20. The van der Waals surface area contributed by atoms with E-state index in [0.29, 0.717) is 12.3 Å². The molecule has 0 radical (unpaired) electrons. The summed E-state index contributed by atoms with van der Waals surface area (Å²) in [5.41, 5.74) is 2.72. The van der Waals surface area contributed by atoms with Gasteiger partial charge >= 0.3 is 0 Å². The zero-order valence-corrected chi connectivity index (χ0v) is 20.4. The molecule has 0 bridgehead atoms. The summed E-state index contributed by atoms with van der Waals surface area (Å²) in [6.07, 6.45) is 1.24. The molecule has 2 aromatic carbocycles. The summed E-state index contributed by atoms with van der Waals surface area (Å²) in [4.78, 5) is 8.78. The number of aromatic hydroxyl groups is 1. The molecule has 7 nitrogen and oxygen atoms in total. The Balaban J connectivity index is 0.00000320. The number of rotatable bonds is 5. The Bertz CT molecular complexity index is 956. The van der Waals surface area contributed by atoms with Crippen molar-refractivity contribution in [2.24, 2.45) is 4.99 Å². The van der Waals surface area contributed by atoms with Crippen LogP contribution in [-0.4, -0.2) is 63.9 Å². The van der Waals surface area contributed by atoms with Crippen molar-refractivity contribution < 1.29 is 13.5 Å². The van der Waals surface area contributed by atoms with Crippen LogP contribution in [0.25, 0.3) is 0 Å². The molecule has 1 aliphatic heterocycles. The van der Waals surface area contributed by atoms with E-state index in [1.165, 1.54) is 6.26 Å². The number of sulfone groups is 1. The van der Waals surface area contributed by atoms with Gasteiger partial charge in [-0.15, -0.1) is 24.0 Å². The van der Waals surface area contributed by atoms with E-state index >= 15 is 0 Å². The van der Waals surface area contributed by atoms with Gasteiger partial charge in [0, 0.05) is 46.0 Å². The Morgan fingerprint density at radius 1 is 1.03 bits per heavy atom. The SMILES string of the molecule is CN=C(NCc1ccc(CS(C)(=O)=O)cc1)N1CCN(c2ccccc2O)CC1.I. The lowest BCUT2D eigenvalue weighted by Crippen LogP contribution is -2.52. The molecule has 1 aliphatic rings. The van der Waals surface area contributed by atoms with Crippen LogP contribution in [0.4, 0.5) is 5.69 Å². The number of nitrogens with zero attached hydrogens (tertiary/aromatic N) is 3. The highest BCUT2D eigenvalue weighted by atomic mass is 127. The van der Waals surface area contributed by atoms with Crippen molar-refractivity contribution in [1.29, 1.82) is 0 Å². The van der Waals surface area contributed by atoms with E-state index in [0.717, 1.165) is 49.0 Å². The number of halogens is 1. The molecule has 3 rings (SSSR count). The average molecular weight is 544 g/mol. The molecule has 0 aromatic heterocycles. The third-order valence-electron chi connectivity index (χ3n) is 4.92. The van der Waals surface area contributed by atoms with Crippen molar-refractivity contribution in [3.05, 3.63) is 59.7 Å². The second-order valence-electron chi connectivity index (χ2n) is 7.25. The minimum absolute atomic E-state index is 0. The molecule has 30 heavy (non-hydrogen) atoms. The minimum atomic E-state index is -3.02. The Morgan fingerprint density at radius 3 is 2.20 bits per heavy atom. The van der Waals surface area contributed by atoms with E-state index in [2.05, 4.69) is 20.1 Å². The van der Waals surface area contributed by atoms with E-state index in [4.69, 9.17) is 0 Å². The predicted molar refractivity (Wildman–Crippen MR) is 132 cm³/mol. The van der Waals surface area contributed by atoms with Crippen molar-refractivity contribution >= 4 is 45.5 Å². The molecule has 164 valence electrons. The lowest BCUT2D eigenvalue weighted by molar-refractivity contribution is 0.369. The number of phenols is 1. The Kier molecular flexibility index (Phi) is 8.78. The van der Waals surface area contributed by atoms with E-state index < -0.39 is 9.84 Å². The van der Waals surface area contributed by atoms with Crippen LogP contribution in [0.1, 0.15) is 11.1 Å². The molecule has 0 atom stereocenters. The molecule has 0 unspecified atom stereocenters. The van der Waals surface area contributed by atoms with Gasteiger partial charge in [0.05, 0.1) is 11.4 Å². The summed E-state index contributed by atoms with van der Waals surface area (Å²) < 4.78 is 22.8. The Morgan fingerprint density at radius 2 is 1.63 bits per heavy atom. The van der Waals surface area contributed by atoms with Gasteiger partial charge in [0.2, 0.25) is 0 Å². The molecule has 2 aromatic rings. The zero-order chi connectivity index (χ0) is 20.9. The maximum Gasteiger partial charge on any atom is 0.194 e. The lowest BCUT2D eigenvalue weighted by Gasteiger charge is -2.37. The second kappa shape index (κ2) is 10.9. The fraction of sp³-hybridized carbons (Fsp3) is 0.381. The number of para-hydroxylation sites is 2. The van der Waals surface area contributed by atoms with Gasteiger partial charge in [0.25, 0.3) is 0 Å². The van der Waals surface area contributed by atoms with Gasteiger partial charge < -0.3 is 20.2 Å². The first-order valence-electron chi connectivity index (χ1n) is 9.60. The highest BCUT2D eigenvalue weighted by molar-refractivity contribution is 14.0. The van der Waals surface area contributed by atoms with Crippen LogP contribution in [0.15, 0.2) is 53.5 Å². The van der Waals surface area contributed by atoms with Gasteiger partial charge in [-0.25, -0.2) is 8.42 Å². The number of guanidine groups is 1. The molecule has 0 amide bonds. The first-order valence-corrected chi connectivity index (χ1v) is 11.7. The summed E-state index contributed by atoms with van der Waals surface area (Å²) in [6, 6.07) is 15.0. The van der Waals surface area contributed by atoms with E-state index in [1.54, 1.807) is 13.1 Å². The van der Waals surface area contributed by atoms with E-state index in [1.807, 2.05) is 42.5 Å². The summed E-state index contributed by atoms with van der Waals surface area (Å²) in [7, 11) is -1.25. The molecule has 1 saturated heterocycles. The zero-order valence-electron chi connectivity index (χ0n) is 17.3. The molecular weight excluding hydrogens is 515 g/mol. The molecule has 0 aliphatic carbocycles. The third-order valence-corrected chi connectivity index (χ3v) is 5.77. The maximum atomic E-state index is 11.4. The minimum Gasteiger partial charge on any atom is -0.506 e. The van der Waals surface area contributed by atoms with Crippen molar-refractivity contribution in [1.82, 2.24) is 10.2 Å². The molecular formula is C21H29IN4O3S. The van der Waals surface area contributed by atoms with Crippen molar-refractivity contribution in [2.75, 3.05) is 44.4 Å². The number of hydrogen-bond donors (Lipinski definition) is 2. The normalized spacial score (nSPS) is 14.9. The fourth-order valence-electron chi connectivity index (χ4n) is 3.46. The number of piperazine rings is 1. The van der Waals surface area contributed by atoms with Gasteiger partial charge in [-0.05, 0) is 23.3 Å². The summed E-state index contributed by atoms with van der Waals surface area (Å²) in [5, 5.41) is 13.4. The first kappa shape index (κ1) is 24.3. The first-order chi connectivity index (χ1) is 13.9. The number of hydrogen-bond acceptors (Lipinski definition) is 5. The molecule has 0 spiro atoms. The predicted octanol–water partition coefficient (Wildman–Crippen LogP) is 2.45. The Labute approximate surface area is 195 Å². The van der Waals surface area contributed by atoms with Gasteiger partial charge in [0.15, 0.2) is 15.8 Å². The van der Waals surface area contributed by atoms with Crippen LogP contribution in [0.2, 0.25) is 0 Å². The summed E-state index contributed by atoms with van der Waals surface area (Å²) >= 11 is 0. The van der Waals surface area contributed by atoms with Crippen molar-refractivity contribution in [2.45, 2.75) is 12.3 Å². The van der Waals surface area contributed by atoms with Crippen LogP contribution in [0.3, 0.4) is 0 Å². The average Bonchev–Trinajstić information content (AvgIpc) is 2.69. The lowest BCUT2D eigenvalue weighted by atomic mass is 10.1. The number of aliphatic imine (C=N–C) groups is 1. The van der Waals surface area contributed by atoms with Crippen LogP contribution >= 0.6 is 24.0 Å². The number of benzene rings is 2. The van der Waals surface area contributed by atoms with Crippen LogP contribution < -0.4 is 10.2 Å². The second-order valence-corrected chi connectivity index (χ2v) is 9.39. The highest BCUT2D eigenvalue weighted by Gasteiger charge is 2.21. The standard InChI is InChI=1S/C21H28N4O3S.HI/c1-22-21(23-15-17-7-9-18(10-8-17)16-29(2,27)28)25-13-11-24(12-14-25)19-5-3-4-6-20(19)26;/h3-10,26H,11-16H2,1-2H3,(H,22,23);1H. The van der Waals surface area contributed by atoms with Gasteiger partial charge in [0.1, 0.15) is 5.75 Å². The smallest absolute Gasteiger partial charge is 0.194 e. The Hall–Kier alpha value is -2.01. The number of anilines is 1. The van der Waals surface area contributed by atoms with Crippen LogP contribution in [0.5, 0.6) is 5.75 Å². The molecule has 0 saturated carbocycles. The van der Waals surface area contributed by atoms with Gasteiger partial charge in [-0.3, -0.25) is 4.99 Å². The number of phenolic OH excluding ortho intramolecular Hbond substituents is 1. The fourth-order valence-corrected chi connectivity index (χ4v) is 4.26. The van der Waals surface area contributed by atoms with Crippen molar-refractivity contribution in [3.8, 4) is 5.75 Å². The largest absolute Gasteiger partial charge is 0.506 e. The molecule has 9 heteroatoms. The van der Waals surface area contributed by atoms with Crippen molar-refractivity contribution in [3.63, 3.8) is 0 Å². The third kappa shape index (κ3) is 6.76. The molecule has 1 fully saturated rings.